The lowest BCUT2D eigenvalue weighted by Crippen LogP contribution is -2.11. The van der Waals surface area contributed by atoms with E-state index >= 15 is 0 Å². The molecule has 2 aliphatic heterocycles. The Bertz CT molecular complexity index is 2060. The van der Waals surface area contributed by atoms with E-state index in [4.69, 9.17) is 0 Å². The second-order valence-electron chi connectivity index (χ2n) is 12.2. The van der Waals surface area contributed by atoms with Crippen LogP contribution in [-0.4, -0.2) is 0 Å². The minimum Gasteiger partial charge on any atom is -0.309 e. The average molecular weight is 613 g/mol. The summed E-state index contributed by atoms with van der Waals surface area (Å²) in [5, 5.41) is 0. The van der Waals surface area contributed by atoms with Gasteiger partial charge in [-0.3, -0.25) is 0 Å². The van der Waals surface area contributed by atoms with Crippen molar-refractivity contribution in [3.05, 3.63) is 192 Å². The molecule has 0 unspecified atom stereocenters. The predicted octanol–water partition coefficient (Wildman–Crippen LogP) is 12.9. The maximum absolute atomic E-state index is 2.36. The Balaban J connectivity index is 0.992. The summed E-state index contributed by atoms with van der Waals surface area (Å²) in [6, 6.07) is 61.1. The van der Waals surface area contributed by atoms with Crippen LogP contribution in [0.4, 0.5) is 34.1 Å². The van der Waals surface area contributed by atoms with Gasteiger partial charge >= 0.3 is 0 Å². The first-order valence-corrected chi connectivity index (χ1v) is 16.4. The Morgan fingerprint density at radius 2 is 0.458 bits per heavy atom. The van der Waals surface area contributed by atoms with Gasteiger partial charge in [0.05, 0.1) is 22.7 Å². The van der Waals surface area contributed by atoms with E-state index in [0.29, 0.717) is 0 Å². The molecule has 0 amide bonds. The SMILES string of the molecule is C1=Cc2ccccc2N(c2ccc(-c3ccc(-c4ccc(N5c6ccccc6C=Cc6ccccc65)cc4)cc3)cc2)c2ccccc21. The Morgan fingerprint density at radius 1 is 0.229 bits per heavy atom. The Morgan fingerprint density at radius 3 is 0.729 bits per heavy atom. The summed E-state index contributed by atoms with van der Waals surface area (Å²) in [7, 11) is 0. The van der Waals surface area contributed by atoms with Crippen LogP contribution in [0.25, 0.3) is 46.6 Å². The Labute approximate surface area is 281 Å². The highest BCUT2D eigenvalue weighted by molar-refractivity contribution is 5.95. The largest absolute Gasteiger partial charge is 0.309 e. The minimum absolute atomic E-state index is 1.14. The first-order chi connectivity index (χ1) is 23.8. The molecule has 0 saturated heterocycles. The molecule has 7 aromatic carbocycles. The predicted molar refractivity (Wildman–Crippen MR) is 205 cm³/mol. The molecule has 0 aliphatic carbocycles. The van der Waals surface area contributed by atoms with E-state index in [9.17, 15) is 0 Å². The molecule has 0 radical (unpaired) electrons. The summed E-state index contributed by atoms with van der Waals surface area (Å²) in [5.41, 5.74) is 16.6. The van der Waals surface area contributed by atoms with Gasteiger partial charge in [0.25, 0.3) is 0 Å². The molecule has 2 heteroatoms. The highest BCUT2D eigenvalue weighted by Crippen LogP contribution is 2.44. The molecular weight excluding hydrogens is 581 g/mol. The van der Waals surface area contributed by atoms with Crippen LogP contribution in [0.1, 0.15) is 22.3 Å². The van der Waals surface area contributed by atoms with Crippen LogP contribution < -0.4 is 9.80 Å². The zero-order chi connectivity index (χ0) is 31.9. The molecule has 0 N–H and O–H groups in total. The molecule has 0 saturated carbocycles. The van der Waals surface area contributed by atoms with Crippen LogP contribution in [0.15, 0.2) is 170 Å². The van der Waals surface area contributed by atoms with E-state index in [1.165, 1.54) is 67.3 Å². The summed E-state index contributed by atoms with van der Waals surface area (Å²) in [4.78, 5) is 4.72. The van der Waals surface area contributed by atoms with E-state index in [2.05, 4.69) is 204 Å². The van der Waals surface area contributed by atoms with Gasteiger partial charge in [-0.25, -0.2) is 0 Å². The lowest BCUT2D eigenvalue weighted by molar-refractivity contribution is 1.28. The number of rotatable bonds is 4. The second kappa shape index (κ2) is 11.8. The van der Waals surface area contributed by atoms with Crippen molar-refractivity contribution < 1.29 is 0 Å². The molecule has 0 fully saturated rings. The van der Waals surface area contributed by atoms with Crippen molar-refractivity contribution in [3.63, 3.8) is 0 Å². The van der Waals surface area contributed by atoms with Gasteiger partial charge in [-0.2, -0.15) is 0 Å². The number of hydrogen-bond donors (Lipinski definition) is 0. The van der Waals surface area contributed by atoms with Gasteiger partial charge in [0.1, 0.15) is 0 Å². The molecule has 2 aliphatic rings. The number of fused-ring (bicyclic) bond motifs is 4. The quantitative estimate of drug-likeness (QED) is 0.195. The van der Waals surface area contributed by atoms with Gasteiger partial charge in [0, 0.05) is 11.4 Å². The molecule has 7 aromatic rings. The van der Waals surface area contributed by atoms with E-state index in [-0.39, 0.29) is 0 Å². The number of para-hydroxylation sites is 4. The zero-order valence-electron chi connectivity index (χ0n) is 26.4. The second-order valence-corrected chi connectivity index (χ2v) is 12.2. The van der Waals surface area contributed by atoms with Gasteiger partial charge in [-0.1, -0.05) is 146 Å². The van der Waals surface area contributed by atoms with Crippen molar-refractivity contribution in [3.8, 4) is 22.3 Å². The zero-order valence-corrected chi connectivity index (χ0v) is 26.4. The van der Waals surface area contributed by atoms with Crippen molar-refractivity contribution in [1.29, 1.82) is 0 Å². The molecule has 0 atom stereocenters. The lowest BCUT2D eigenvalue weighted by atomic mass is 9.99. The molecule has 0 spiro atoms. The van der Waals surface area contributed by atoms with Crippen LogP contribution in [0, 0.1) is 0 Å². The van der Waals surface area contributed by atoms with Crippen molar-refractivity contribution in [2.24, 2.45) is 0 Å². The molecule has 2 heterocycles. The first-order valence-electron chi connectivity index (χ1n) is 16.4. The van der Waals surface area contributed by atoms with Crippen LogP contribution in [0.5, 0.6) is 0 Å². The van der Waals surface area contributed by atoms with Crippen LogP contribution in [-0.2, 0) is 0 Å². The summed E-state index contributed by atoms with van der Waals surface area (Å²) >= 11 is 0. The van der Waals surface area contributed by atoms with Gasteiger partial charge in [0.15, 0.2) is 0 Å². The Hall–Kier alpha value is -6.38. The third-order valence-electron chi connectivity index (χ3n) is 9.40. The van der Waals surface area contributed by atoms with Crippen molar-refractivity contribution >= 4 is 58.4 Å². The summed E-state index contributed by atoms with van der Waals surface area (Å²) in [6.07, 6.45) is 8.84. The van der Waals surface area contributed by atoms with E-state index < -0.39 is 0 Å². The van der Waals surface area contributed by atoms with Crippen LogP contribution in [0.2, 0.25) is 0 Å². The van der Waals surface area contributed by atoms with Gasteiger partial charge in [-0.15, -0.1) is 0 Å². The van der Waals surface area contributed by atoms with Crippen molar-refractivity contribution in [2.75, 3.05) is 9.80 Å². The molecule has 2 nitrogen and oxygen atoms in total. The number of benzene rings is 7. The van der Waals surface area contributed by atoms with Gasteiger partial charge < -0.3 is 9.80 Å². The lowest BCUT2D eigenvalue weighted by Gasteiger charge is -2.27. The van der Waals surface area contributed by atoms with Gasteiger partial charge in [0.2, 0.25) is 0 Å². The first kappa shape index (κ1) is 27.9. The van der Waals surface area contributed by atoms with Gasteiger partial charge in [-0.05, 0) is 93.0 Å². The third kappa shape index (κ3) is 4.92. The molecular formula is C46H32N2. The van der Waals surface area contributed by atoms with Crippen LogP contribution >= 0.6 is 0 Å². The van der Waals surface area contributed by atoms with Crippen molar-refractivity contribution in [1.82, 2.24) is 0 Å². The summed E-state index contributed by atoms with van der Waals surface area (Å²) in [5.74, 6) is 0. The molecule has 9 rings (SSSR count). The molecule has 48 heavy (non-hydrogen) atoms. The topological polar surface area (TPSA) is 6.48 Å². The fourth-order valence-electron chi connectivity index (χ4n) is 6.96. The smallest absolute Gasteiger partial charge is 0.0534 e. The molecule has 0 aromatic heterocycles. The van der Waals surface area contributed by atoms with Crippen LogP contribution in [0.3, 0.4) is 0 Å². The highest BCUT2D eigenvalue weighted by atomic mass is 15.2. The van der Waals surface area contributed by atoms with E-state index in [1.54, 1.807) is 0 Å². The Kier molecular flexibility index (Phi) is 6.84. The van der Waals surface area contributed by atoms with E-state index in [1.807, 2.05) is 0 Å². The summed E-state index contributed by atoms with van der Waals surface area (Å²) in [6.45, 7) is 0. The monoisotopic (exact) mass is 612 g/mol. The maximum atomic E-state index is 2.36. The van der Waals surface area contributed by atoms with Crippen molar-refractivity contribution in [2.45, 2.75) is 0 Å². The average Bonchev–Trinajstić information content (AvgIpc) is 3.43. The number of nitrogens with zero attached hydrogens (tertiary/aromatic N) is 2. The molecule has 226 valence electrons. The third-order valence-corrected chi connectivity index (χ3v) is 9.40. The number of anilines is 6. The standard InChI is InChI=1S/C46H32N2/c1-5-13-43-37(9-1)21-22-38-10-2-6-14-44(38)47(43)41-29-25-35(26-30-41)33-17-19-34(20-18-33)36-27-31-42(32-28-36)48-45-15-7-3-11-39(45)23-24-40-12-4-8-16-46(40)48/h1-32H. The van der Waals surface area contributed by atoms with E-state index in [0.717, 1.165) is 11.4 Å². The normalized spacial score (nSPS) is 12.8. The number of hydrogen-bond acceptors (Lipinski definition) is 2. The maximum Gasteiger partial charge on any atom is 0.0534 e. The molecule has 0 bridgehead atoms. The minimum atomic E-state index is 1.14. The summed E-state index contributed by atoms with van der Waals surface area (Å²) < 4.78 is 0. The fraction of sp³-hybridized carbons (Fsp3) is 0. The fourth-order valence-corrected chi connectivity index (χ4v) is 6.96. The highest BCUT2D eigenvalue weighted by Gasteiger charge is 2.21.